The van der Waals surface area contributed by atoms with Crippen LogP contribution >= 0.6 is 0 Å². The standard InChI is InChI=1S/C32H45N3O/c1-11-22(6)25(9)18-31(35-26(10)23(7)12-2)36-30-19-28(20-33)16-17-29(30)32(24(8)13-3)34-21-27(14-4)15-5/h14,16-19,21-23H,9,11-13,15H2,1-8,10H3/b27-14-,31-18+,32-24-,34-21+,35-26?. The number of hydrogen-bond acceptors (Lipinski definition) is 4. The predicted octanol–water partition coefficient (Wildman–Crippen LogP) is 9.46. The smallest absolute Gasteiger partial charge is 0.219 e. The van der Waals surface area contributed by atoms with E-state index >= 15 is 0 Å². The Morgan fingerprint density at radius 1 is 1.08 bits per heavy atom. The summed E-state index contributed by atoms with van der Waals surface area (Å²) in [6.07, 6.45) is 9.65. The Morgan fingerprint density at radius 3 is 2.28 bits per heavy atom. The van der Waals surface area contributed by atoms with Crippen molar-refractivity contribution in [1.82, 2.24) is 0 Å². The second-order valence-electron chi connectivity index (χ2n) is 9.31. The van der Waals surface area contributed by atoms with Gasteiger partial charge in [-0.3, -0.25) is 4.99 Å². The molecule has 2 atom stereocenters. The van der Waals surface area contributed by atoms with Crippen LogP contribution in [0.5, 0.6) is 5.75 Å². The number of nitrogens with zero attached hydrogens (tertiary/aromatic N) is 3. The van der Waals surface area contributed by atoms with Gasteiger partial charge in [0.1, 0.15) is 5.75 Å². The molecule has 4 heteroatoms. The second-order valence-corrected chi connectivity index (χ2v) is 9.31. The molecule has 0 heterocycles. The van der Waals surface area contributed by atoms with E-state index in [9.17, 15) is 5.26 Å². The molecule has 0 aliphatic rings. The Hall–Kier alpha value is -3.19. The fourth-order valence-corrected chi connectivity index (χ4v) is 3.31. The first-order chi connectivity index (χ1) is 17.1. The number of nitriles is 1. The fourth-order valence-electron chi connectivity index (χ4n) is 3.31. The lowest BCUT2D eigenvalue weighted by atomic mass is 10.00. The van der Waals surface area contributed by atoms with E-state index in [1.54, 1.807) is 6.07 Å². The van der Waals surface area contributed by atoms with Crippen molar-refractivity contribution in [1.29, 1.82) is 5.26 Å². The summed E-state index contributed by atoms with van der Waals surface area (Å²) in [4.78, 5) is 9.75. The molecular weight excluding hydrogens is 442 g/mol. The third-order valence-corrected chi connectivity index (χ3v) is 6.82. The van der Waals surface area contributed by atoms with Gasteiger partial charge in [-0.05, 0) is 93.2 Å². The summed E-state index contributed by atoms with van der Waals surface area (Å²) >= 11 is 0. The summed E-state index contributed by atoms with van der Waals surface area (Å²) in [6.45, 7) is 23.2. The van der Waals surface area contributed by atoms with Crippen molar-refractivity contribution in [3.05, 3.63) is 70.7 Å². The summed E-state index contributed by atoms with van der Waals surface area (Å²) in [7, 11) is 0. The van der Waals surface area contributed by atoms with E-state index in [0.717, 1.165) is 59.4 Å². The highest BCUT2D eigenvalue weighted by Gasteiger charge is 2.16. The lowest BCUT2D eigenvalue weighted by molar-refractivity contribution is 0.417. The highest BCUT2D eigenvalue weighted by Crippen LogP contribution is 2.33. The van der Waals surface area contributed by atoms with Crippen molar-refractivity contribution in [2.45, 2.75) is 88.0 Å². The quantitative estimate of drug-likeness (QED) is 0.158. The average molecular weight is 488 g/mol. The third-order valence-electron chi connectivity index (χ3n) is 6.82. The molecule has 1 aromatic rings. The second kappa shape index (κ2) is 15.7. The zero-order valence-electron chi connectivity index (χ0n) is 23.9. The van der Waals surface area contributed by atoms with Gasteiger partial charge < -0.3 is 4.74 Å². The molecule has 0 N–H and O–H groups in total. The van der Waals surface area contributed by atoms with E-state index in [2.05, 4.69) is 67.2 Å². The molecule has 1 aromatic carbocycles. The molecule has 0 aromatic heterocycles. The number of rotatable bonds is 13. The van der Waals surface area contributed by atoms with Crippen molar-refractivity contribution < 1.29 is 4.74 Å². The molecule has 0 aliphatic carbocycles. The lowest BCUT2D eigenvalue weighted by Crippen LogP contribution is -2.08. The average Bonchev–Trinajstić information content (AvgIpc) is 2.89. The summed E-state index contributed by atoms with van der Waals surface area (Å²) in [5, 5.41) is 9.61. The summed E-state index contributed by atoms with van der Waals surface area (Å²) < 4.78 is 6.49. The van der Waals surface area contributed by atoms with E-state index < -0.39 is 0 Å². The van der Waals surface area contributed by atoms with Crippen molar-refractivity contribution in [3.63, 3.8) is 0 Å². The van der Waals surface area contributed by atoms with Gasteiger partial charge in [-0.2, -0.15) is 5.26 Å². The van der Waals surface area contributed by atoms with Crippen molar-refractivity contribution >= 4 is 17.6 Å². The fraction of sp³-hybridized carbons (Fsp3) is 0.469. The SMILES string of the molecule is C=C(/C=C(\N=C(C)C(C)CC)Oc1cc(C#N)ccc1C(/N=C/C(=C\C)CC)=C(\C)CC)C(C)CC. The van der Waals surface area contributed by atoms with E-state index in [1.165, 1.54) is 0 Å². The highest BCUT2D eigenvalue weighted by molar-refractivity contribution is 5.87. The van der Waals surface area contributed by atoms with Crippen LogP contribution in [0.1, 0.15) is 99.1 Å². The van der Waals surface area contributed by atoms with E-state index in [1.807, 2.05) is 38.3 Å². The number of aliphatic imine (C=N–C) groups is 2. The molecule has 2 unspecified atom stereocenters. The van der Waals surface area contributed by atoms with Crippen LogP contribution in [0.25, 0.3) is 5.70 Å². The number of hydrogen-bond donors (Lipinski definition) is 0. The van der Waals surface area contributed by atoms with Gasteiger partial charge in [-0.1, -0.05) is 54.2 Å². The zero-order chi connectivity index (χ0) is 27.3. The molecule has 0 fully saturated rings. The molecule has 0 aliphatic heterocycles. The van der Waals surface area contributed by atoms with Crippen LogP contribution < -0.4 is 4.74 Å². The first-order valence-electron chi connectivity index (χ1n) is 13.2. The molecular formula is C32H45N3O. The highest BCUT2D eigenvalue weighted by atomic mass is 16.5. The predicted molar refractivity (Wildman–Crippen MR) is 156 cm³/mol. The third kappa shape index (κ3) is 9.11. The zero-order valence-corrected chi connectivity index (χ0v) is 23.9. The minimum absolute atomic E-state index is 0.309. The molecule has 0 bridgehead atoms. The maximum absolute atomic E-state index is 9.61. The number of benzene rings is 1. The van der Waals surface area contributed by atoms with Crippen LogP contribution in [0.3, 0.4) is 0 Å². The van der Waals surface area contributed by atoms with Gasteiger partial charge in [0.05, 0.1) is 17.3 Å². The number of ether oxygens (including phenoxy) is 1. The molecule has 0 radical (unpaired) electrons. The minimum Gasteiger partial charge on any atom is -0.438 e. The largest absolute Gasteiger partial charge is 0.438 e. The van der Waals surface area contributed by atoms with Gasteiger partial charge >= 0.3 is 0 Å². The van der Waals surface area contributed by atoms with Crippen LogP contribution in [-0.2, 0) is 0 Å². The minimum atomic E-state index is 0.309. The topological polar surface area (TPSA) is 57.7 Å². The normalized spacial score (nSPS) is 15.4. The molecule has 36 heavy (non-hydrogen) atoms. The van der Waals surface area contributed by atoms with Crippen LogP contribution in [0, 0.1) is 23.2 Å². The first kappa shape index (κ1) is 30.8. The van der Waals surface area contributed by atoms with Gasteiger partial charge in [-0.25, -0.2) is 4.99 Å². The Morgan fingerprint density at radius 2 is 1.75 bits per heavy atom. The van der Waals surface area contributed by atoms with Crippen LogP contribution in [0.2, 0.25) is 0 Å². The maximum atomic E-state index is 9.61. The summed E-state index contributed by atoms with van der Waals surface area (Å²) in [5.74, 6) is 1.68. The molecule has 4 nitrogen and oxygen atoms in total. The Balaban J connectivity index is 3.78. The Labute approximate surface area is 219 Å². The maximum Gasteiger partial charge on any atom is 0.219 e. The van der Waals surface area contributed by atoms with Gasteiger partial charge in [-0.15, -0.1) is 0 Å². The summed E-state index contributed by atoms with van der Waals surface area (Å²) in [6, 6.07) is 7.75. The van der Waals surface area contributed by atoms with Crippen LogP contribution in [-0.4, -0.2) is 11.9 Å². The van der Waals surface area contributed by atoms with E-state index in [4.69, 9.17) is 14.7 Å². The summed E-state index contributed by atoms with van der Waals surface area (Å²) in [5.41, 5.74) is 6.48. The molecule has 194 valence electrons. The van der Waals surface area contributed by atoms with Gasteiger partial charge in [0.2, 0.25) is 5.88 Å². The van der Waals surface area contributed by atoms with Gasteiger partial charge in [0.15, 0.2) is 0 Å². The van der Waals surface area contributed by atoms with Crippen molar-refractivity contribution in [2.75, 3.05) is 0 Å². The van der Waals surface area contributed by atoms with Gasteiger partial charge in [0.25, 0.3) is 0 Å². The van der Waals surface area contributed by atoms with E-state index in [-0.39, 0.29) is 0 Å². The monoisotopic (exact) mass is 487 g/mol. The molecule has 1 rings (SSSR count). The first-order valence-corrected chi connectivity index (χ1v) is 13.2. The van der Waals surface area contributed by atoms with Crippen LogP contribution in [0.15, 0.2) is 69.5 Å². The Kier molecular flexibility index (Phi) is 13.5. The molecule has 0 amide bonds. The number of allylic oxidation sites excluding steroid dienone is 5. The van der Waals surface area contributed by atoms with Crippen molar-refractivity contribution in [3.8, 4) is 11.8 Å². The van der Waals surface area contributed by atoms with Crippen molar-refractivity contribution in [2.24, 2.45) is 21.8 Å². The molecule has 0 saturated carbocycles. The lowest BCUT2D eigenvalue weighted by Gasteiger charge is -2.17. The molecule has 0 saturated heterocycles. The van der Waals surface area contributed by atoms with E-state index in [0.29, 0.717) is 29.0 Å². The van der Waals surface area contributed by atoms with Crippen LogP contribution in [0.4, 0.5) is 0 Å². The van der Waals surface area contributed by atoms with Gasteiger partial charge in [0, 0.05) is 23.6 Å². The molecule has 0 spiro atoms. The Bertz CT molecular complexity index is 1090.